The standard InChI is InChI=1S/C9H21NS/c1-5-6-10-7-8-11-9(2,3)4/h10H,5-8H2,1-4H3. The predicted octanol–water partition coefficient (Wildman–Crippen LogP) is 2.52. The summed E-state index contributed by atoms with van der Waals surface area (Å²) in [6.45, 7) is 11.3. The lowest BCUT2D eigenvalue weighted by molar-refractivity contribution is 0.704. The first-order valence-electron chi connectivity index (χ1n) is 4.41. The highest BCUT2D eigenvalue weighted by atomic mass is 32.2. The third-order valence-corrected chi connectivity index (χ3v) is 2.51. The molecule has 1 N–H and O–H groups in total. The van der Waals surface area contributed by atoms with E-state index in [2.05, 4.69) is 33.0 Å². The first kappa shape index (κ1) is 11.3. The summed E-state index contributed by atoms with van der Waals surface area (Å²) in [6, 6.07) is 0. The summed E-state index contributed by atoms with van der Waals surface area (Å²) in [7, 11) is 0. The van der Waals surface area contributed by atoms with Crippen molar-refractivity contribution < 1.29 is 0 Å². The molecule has 0 fully saturated rings. The van der Waals surface area contributed by atoms with Crippen LogP contribution in [0.25, 0.3) is 0 Å². The van der Waals surface area contributed by atoms with E-state index in [1.807, 2.05) is 11.8 Å². The van der Waals surface area contributed by atoms with Crippen molar-refractivity contribution in [1.82, 2.24) is 5.32 Å². The van der Waals surface area contributed by atoms with Crippen molar-refractivity contribution in [2.24, 2.45) is 0 Å². The third kappa shape index (κ3) is 10.3. The van der Waals surface area contributed by atoms with E-state index in [9.17, 15) is 0 Å². The number of rotatable bonds is 5. The molecule has 0 amide bonds. The maximum atomic E-state index is 3.39. The molecule has 0 atom stereocenters. The first-order valence-corrected chi connectivity index (χ1v) is 5.39. The topological polar surface area (TPSA) is 12.0 Å². The van der Waals surface area contributed by atoms with Crippen LogP contribution in [-0.2, 0) is 0 Å². The van der Waals surface area contributed by atoms with Crippen LogP contribution in [0.5, 0.6) is 0 Å². The molecule has 0 radical (unpaired) electrons. The van der Waals surface area contributed by atoms with Crippen molar-refractivity contribution in [3.63, 3.8) is 0 Å². The van der Waals surface area contributed by atoms with Crippen LogP contribution in [0.1, 0.15) is 34.1 Å². The first-order chi connectivity index (χ1) is 5.06. The number of hydrogen-bond donors (Lipinski definition) is 1. The van der Waals surface area contributed by atoms with E-state index in [0.717, 1.165) is 13.1 Å². The Bertz CT molecular complexity index is 86.1. The SMILES string of the molecule is CCCNCCSC(C)(C)C. The van der Waals surface area contributed by atoms with E-state index >= 15 is 0 Å². The largest absolute Gasteiger partial charge is 0.316 e. The van der Waals surface area contributed by atoms with Crippen molar-refractivity contribution in [2.75, 3.05) is 18.8 Å². The van der Waals surface area contributed by atoms with Gasteiger partial charge in [-0.15, -0.1) is 0 Å². The second kappa shape index (κ2) is 5.90. The molecule has 0 aromatic heterocycles. The lowest BCUT2D eigenvalue weighted by atomic mass is 10.3. The van der Waals surface area contributed by atoms with Gasteiger partial charge < -0.3 is 5.32 Å². The highest BCUT2D eigenvalue weighted by molar-refractivity contribution is 8.00. The maximum absolute atomic E-state index is 3.39. The van der Waals surface area contributed by atoms with Crippen molar-refractivity contribution in [2.45, 2.75) is 38.9 Å². The number of thioether (sulfide) groups is 1. The zero-order valence-corrected chi connectivity index (χ0v) is 9.05. The minimum absolute atomic E-state index is 0.424. The van der Waals surface area contributed by atoms with Crippen molar-refractivity contribution >= 4 is 11.8 Å². The van der Waals surface area contributed by atoms with Crippen LogP contribution in [0.15, 0.2) is 0 Å². The van der Waals surface area contributed by atoms with E-state index in [4.69, 9.17) is 0 Å². The zero-order valence-electron chi connectivity index (χ0n) is 8.24. The minimum Gasteiger partial charge on any atom is -0.316 e. The fourth-order valence-corrected chi connectivity index (χ4v) is 1.59. The molecular formula is C9H21NS. The van der Waals surface area contributed by atoms with Gasteiger partial charge in [0.25, 0.3) is 0 Å². The molecule has 0 aromatic carbocycles. The third-order valence-electron chi connectivity index (χ3n) is 1.24. The Morgan fingerprint density at radius 1 is 1.18 bits per heavy atom. The Morgan fingerprint density at radius 3 is 2.27 bits per heavy atom. The van der Waals surface area contributed by atoms with Crippen LogP contribution in [0, 0.1) is 0 Å². The summed E-state index contributed by atoms with van der Waals surface area (Å²) in [5, 5.41) is 3.39. The van der Waals surface area contributed by atoms with E-state index in [1.54, 1.807) is 0 Å². The molecule has 1 nitrogen and oxygen atoms in total. The molecule has 0 unspecified atom stereocenters. The average molecular weight is 175 g/mol. The number of hydrogen-bond acceptors (Lipinski definition) is 2. The molecule has 0 saturated heterocycles. The lowest BCUT2D eigenvalue weighted by Gasteiger charge is -2.17. The van der Waals surface area contributed by atoms with E-state index in [1.165, 1.54) is 12.2 Å². The molecule has 0 saturated carbocycles. The van der Waals surface area contributed by atoms with Gasteiger partial charge in [0.05, 0.1) is 0 Å². The Kier molecular flexibility index (Phi) is 6.06. The van der Waals surface area contributed by atoms with Crippen LogP contribution in [-0.4, -0.2) is 23.6 Å². The van der Waals surface area contributed by atoms with Gasteiger partial charge in [-0.1, -0.05) is 27.7 Å². The zero-order chi connectivity index (χ0) is 8.74. The average Bonchev–Trinajstić information content (AvgIpc) is 1.85. The van der Waals surface area contributed by atoms with Crippen molar-refractivity contribution in [3.8, 4) is 0 Å². The van der Waals surface area contributed by atoms with E-state index in [-0.39, 0.29) is 0 Å². The van der Waals surface area contributed by atoms with Gasteiger partial charge >= 0.3 is 0 Å². The summed E-state index contributed by atoms with van der Waals surface area (Å²) in [5.41, 5.74) is 0. The number of nitrogens with one attached hydrogen (secondary N) is 1. The minimum atomic E-state index is 0.424. The van der Waals surface area contributed by atoms with Crippen LogP contribution < -0.4 is 5.32 Å². The Labute approximate surface area is 75.3 Å². The van der Waals surface area contributed by atoms with Gasteiger partial charge in [-0.3, -0.25) is 0 Å². The van der Waals surface area contributed by atoms with Gasteiger partial charge in [-0.2, -0.15) is 11.8 Å². The molecule has 0 spiro atoms. The molecule has 0 rings (SSSR count). The van der Waals surface area contributed by atoms with Gasteiger partial charge in [-0.05, 0) is 13.0 Å². The fourth-order valence-electron chi connectivity index (χ4n) is 0.731. The van der Waals surface area contributed by atoms with Crippen LogP contribution in [0.3, 0.4) is 0 Å². The molecular weight excluding hydrogens is 154 g/mol. The molecule has 0 aliphatic rings. The van der Waals surface area contributed by atoms with Crippen LogP contribution in [0.2, 0.25) is 0 Å². The summed E-state index contributed by atoms with van der Waals surface area (Å²) in [5.74, 6) is 1.23. The smallest absolute Gasteiger partial charge is 0.00755 e. The molecule has 0 aromatic rings. The van der Waals surface area contributed by atoms with E-state index < -0.39 is 0 Å². The van der Waals surface area contributed by atoms with Gasteiger partial charge in [0.15, 0.2) is 0 Å². The van der Waals surface area contributed by atoms with Gasteiger partial charge in [0.2, 0.25) is 0 Å². The van der Waals surface area contributed by atoms with Crippen molar-refractivity contribution in [3.05, 3.63) is 0 Å². The highest BCUT2D eigenvalue weighted by Gasteiger charge is 2.08. The normalized spacial score (nSPS) is 12.0. The summed E-state index contributed by atoms with van der Waals surface area (Å²) in [6.07, 6.45) is 1.24. The maximum Gasteiger partial charge on any atom is 0.00755 e. The predicted molar refractivity (Wildman–Crippen MR) is 55.4 cm³/mol. The summed E-state index contributed by atoms with van der Waals surface area (Å²) < 4.78 is 0.424. The Hall–Kier alpha value is 0.310. The monoisotopic (exact) mass is 175 g/mol. The molecule has 68 valence electrons. The van der Waals surface area contributed by atoms with Crippen LogP contribution >= 0.6 is 11.8 Å². The van der Waals surface area contributed by atoms with Crippen molar-refractivity contribution in [1.29, 1.82) is 0 Å². The molecule has 0 aliphatic carbocycles. The van der Waals surface area contributed by atoms with E-state index in [0.29, 0.717) is 4.75 Å². The molecule has 0 heterocycles. The summed E-state index contributed by atoms with van der Waals surface area (Å²) in [4.78, 5) is 0. The molecule has 11 heavy (non-hydrogen) atoms. The fraction of sp³-hybridized carbons (Fsp3) is 1.00. The highest BCUT2D eigenvalue weighted by Crippen LogP contribution is 2.21. The van der Waals surface area contributed by atoms with Gasteiger partial charge in [0.1, 0.15) is 0 Å². The van der Waals surface area contributed by atoms with Crippen LogP contribution in [0.4, 0.5) is 0 Å². The van der Waals surface area contributed by atoms with Gasteiger partial charge in [0, 0.05) is 17.0 Å². The second-order valence-corrected chi connectivity index (χ2v) is 5.63. The summed E-state index contributed by atoms with van der Waals surface area (Å²) >= 11 is 2.02. The molecule has 2 heteroatoms. The molecule has 0 bridgehead atoms. The molecule has 0 aliphatic heterocycles. The van der Waals surface area contributed by atoms with Gasteiger partial charge in [-0.25, -0.2) is 0 Å². The lowest BCUT2D eigenvalue weighted by Crippen LogP contribution is -2.20. The Morgan fingerprint density at radius 2 is 1.82 bits per heavy atom. The second-order valence-electron chi connectivity index (χ2n) is 3.71. The Balaban J connectivity index is 3.02. The quantitative estimate of drug-likeness (QED) is 0.644.